The number of thiazole rings is 1. The van der Waals surface area contributed by atoms with Crippen molar-refractivity contribution in [3.05, 3.63) is 16.1 Å². The molecule has 0 unspecified atom stereocenters. The van der Waals surface area contributed by atoms with Gasteiger partial charge in [-0.2, -0.15) is 0 Å². The van der Waals surface area contributed by atoms with Crippen LogP contribution in [0.15, 0.2) is 5.38 Å². The van der Waals surface area contributed by atoms with E-state index in [1.54, 1.807) is 11.3 Å². The summed E-state index contributed by atoms with van der Waals surface area (Å²) in [6, 6.07) is 0.575. The van der Waals surface area contributed by atoms with E-state index in [2.05, 4.69) is 29.5 Å². The van der Waals surface area contributed by atoms with E-state index in [1.165, 1.54) is 5.01 Å². The molecule has 0 saturated heterocycles. The summed E-state index contributed by atoms with van der Waals surface area (Å²) in [6.45, 7) is 7.39. The Balaban J connectivity index is 2.24. The van der Waals surface area contributed by atoms with Crippen LogP contribution < -0.4 is 5.32 Å². The lowest BCUT2D eigenvalue weighted by Crippen LogP contribution is -2.24. The molecule has 68 valence electrons. The molecule has 0 aliphatic heterocycles. The molecular formula is C9H16N2S. The third-order valence-electron chi connectivity index (χ3n) is 1.56. The molecule has 0 bridgehead atoms. The van der Waals surface area contributed by atoms with Crippen LogP contribution in [0.1, 0.15) is 24.5 Å². The average molecular weight is 184 g/mol. The summed E-state index contributed by atoms with van der Waals surface area (Å²) >= 11 is 1.75. The molecule has 2 nitrogen and oxygen atoms in total. The minimum absolute atomic E-state index is 0.575. The zero-order valence-electron chi connectivity index (χ0n) is 7.92. The van der Waals surface area contributed by atoms with Gasteiger partial charge in [0, 0.05) is 30.1 Å². The monoisotopic (exact) mass is 184 g/mol. The Morgan fingerprint density at radius 1 is 1.58 bits per heavy atom. The maximum atomic E-state index is 4.39. The maximum Gasteiger partial charge on any atom is 0.0940 e. The van der Waals surface area contributed by atoms with E-state index in [9.17, 15) is 0 Å². The molecular weight excluding hydrogens is 168 g/mol. The van der Waals surface area contributed by atoms with Crippen molar-refractivity contribution in [3.8, 4) is 0 Å². The third-order valence-corrected chi connectivity index (χ3v) is 2.58. The van der Waals surface area contributed by atoms with Gasteiger partial charge in [0.05, 0.1) is 5.01 Å². The van der Waals surface area contributed by atoms with Crippen molar-refractivity contribution in [2.45, 2.75) is 33.2 Å². The topological polar surface area (TPSA) is 24.9 Å². The van der Waals surface area contributed by atoms with Gasteiger partial charge < -0.3 is 5.32 Å². The zero-order chi connectivity index (χ0) is 8.97. The first-order chi connectivity index (χ1) is 5.68. The Hall–Kier alpha value is -0.410. The molecule has 1 rings (SSSR count). The Morgan fingerprint density at radius 3 is 2.83 bits per heavy atom. The normalized spacial score (nSPS) is 11.0. The molecule has 0 aliphatic carbocycles. The van der Waals surface area contributed by atoms with Crippen LogP contribution in [0.4, 0.5) is 0 Å². The van der Waals surface area contributed by atoms with E-state index >= 15 is 0 Å². The van der Waals surface area contributed by atoms with Crippen LogP contribution in [0.5, 0.6) is 0 Å². The molecule has 1 heterocycles. The average Bonchev–Trinajstić information content (AvgIpc) is 2.35. The molecule has 0 aliphatic rings. The molecule has 1 N–H and O–H groups in total. The summed E-state index contributed by atoms with van der Waals surface area (Å²) in [5.74, 6) is 0. The Bertz CT molecular complexity index is 230. The zero-order valence-corrected chi connectivity index (χ0v) is 8.74. The molecule has 0 saturated carbocycles. The summed E-state index contributed by atoms with van der Waals surface area (Å²) in [5.41, 5.74) is 1.14. The smallest absolute Gasteiger partial charge is 0.0940 e. The predicted octanol–water partition coefficient (Wildman–Crippen LogP) is 1.99. The number of rotatable bonds is 4. The van der Waals surface area contributed by atoms with Crippen LogP contribution in [-0.4, -0.2) is 17.6 Å². The van der Waals surface area contributed by atoms with Crippen LogP contribution in [0, 0.1) is 6.92 Å². The van der Waals surface area contributed by atoms with Crippen molar-refractivity contribution >= 4 is 11.3 Å². The van der Waals surface area contributed by atoms with Crippen molar-refractivity contribution < 1.29 is 0 Å². The van der Waals surface area contributed by atoms with E-state index in [0.717, 1.165) is 18.7 Å². The van der Waals surface area contributed by atoms with Gasteiger partial charge in [-0.1, -0.05) is 13.8 Å². The summed E-state index contributed by atoms with van der Waals surface area (Å²) in [5, 5.41) is 6.71. The standard InChI is InChI=1S/C9H16N2S/c1-7(2)10-5-4-9-11-8(3)6-12-9/h6-7,10H,4-5H2,1-3H3. The predicted molar refractivity (Wildman–Crippen MR) is 53.7 cm³/mol. The summed E-state index contributed by atoms with van der Waals surface area (Å²) in [7, 11) is 0. The fraction of sp³-hybridized carbons (Fsp3) is 0.667. The quantitative estimate of drug-likeness (QED) is 0.774. The summed E-state index contributed by atoms with van der Waals surface area (Å²) < 4.78 is 0. The molecule has 12 heavy (non-hydrogen) atoms. The van der Waals surface area contributed by atoms with Crippen LogP contribution in [0.25, 0.3) is 0 Å². The summed E-state index contributed by atoms with van der Waals surface area (Å²) in [4.78, 5) is 4.39. The van der Waals surface area contributed by atoms with Crippen LogP contribution in [-0.2, 0) is 6.42 Å². The lowest BCUT2D eigenvalue weighted by atomic mass is 10.3. The Kier molecular flexibility index (Phi) is 3.69. The first kappa shape index (κ1) is 9.68. The number of aryl methyl sites for hydroxylation is 1. The first-order valence-corrected chi connectivity index (χ1v) is 5.21. The van der Waals surface area contributed by atoms with Gasteiger partial charge in [-0.15, -0.1) is 11.3 Å². The largest absolute Gasteiger partial charge is 0.314 e. The van der Waals surface area contributed by atoms with Crippen LogP contribution in [0.3, 0.4) is 0 Å². The van der Waals surface area contributed by atoms with Crippen molar-refractivity contribution in [1.82, 2.24) is 10.3 Å². The molecule has 0 amide bonds. The van der Waals surface area contributed by atoms with Gasteiger partial charge in [-0.3, -0.25) is 0 Å². The highest BCUT2D eigenvalue weighted by molar-refractivity contribution is 7.09. The first-order valence-electron chi connectivity index (χ1n) is 4.33. The molecule has 0 aromatic carbocycles. The van der Waals surface area contributed by atoms with Crippen molar-refractivity contribution in [2.75, 3.05) is 6.54 Å². The van der Waals surface area contributed by atoms with Gasteiger partial charge in [0.2, 0.25) is 0 Å². The van der Waals surface area contributed by atoms with E-state index in [0.29, 0.717) is 6.04 Å². The maximum absolute atomic E-state index is 4.39. The Labute approximate surface area is 78.0 Å². The number of hydrogen-bond acceptors (Lipinski definition) is 3. The Morgan fingerprint density at radius 2 is 2.33 bits per heavy atom. The number of hydrogen-bond donors (Lipinski definition) is 1. The molecule has 0 fully saturated rings. The van der Waals surface area contributed by atoms with Gasteiger partial charge in [0.25, 0.3) is 0 Å². The fourth-order valence-corrected chi connectivity index (χ4v) is 1.76. The van der Waals surface area contributed by atoms with Crippen molar-refractivity contribution in [3.63, 3.8) is 0 Å². The van der Waals surface area contributed by atoms with E-state index in [4.69, 9.17) is 0 Å². The van der Waals surface area contributed by atoms with Crippen LogP contribution in [0.2, 0.25) is 0 Å². The molecule has 3 heteroatoms. The van der Waals surface area contributed by atoms with E-state index in [-0.39, 0.29) is 0 Å². The molecule has 0 spiro atoms. The van der Waals surface area contributed by atoms with Gasteiger partial charge in [0.15, 0.2) is 0 Å². The van der Waals surface area contributed by atoms with Gasteiger partial charge in [-0.05, 0) is 6.92 Å². The number of nitrogens with one attached hydrogen (secondary N) is 1. The SMILES string of the molecule is Cc1csc(CCNC(C)C)n1. The minimum atomic E-state index is 0.575. The van der Waals surface area contributed by atoms with E-state index < -0.39 is 0 Å². The van der Waals surface area contributed by atoms with Gasteiger partial charge in [-0.25, -0.2) is 4.98 Å². The summed E-state index contributed by atoms with van der Waals surface area (Å²) in [6.07, 6.45) is 1.05. The number of nitrogens with zero attached hydrogens (tertiary/aromatic N) is 1. The van der Waals surface area contributed by atoms with Crippen molar-refractivity contribution in [1.29, 1.82) is 0 Å². The second kappa shape index (κ2) is 4.58. The highest BCUT2D eigenvalue weighted by Gasteiger charge is 1.98. The second-order valence-electron chi connectivity index (χ2n) is 3.24. The molecule has 1 aromatic rings. The lowest BCUT2D eigenvalue weighted by Gasteiger charge is -2.05. The molecule has 0 atom stereocenters. The number of aromatic nitrogens is 1. The van der Waals surface area contributed by atoms with E-state index in [1.807, 2.05) is 6.92 Å². The molecule has 0 radical (unpaired) electrons. The van der Waals surface area contributed by atoms with Crippen molar-refractivity contribution in [2.24, 2.45) is 0 Å². The molecule has 1 aromatic heterocycles. The highest BCUT2D eigenvalue weighted by atomic mass is 32.1. The minimum Gasteiger partial charge on any atom is -0.314 e. The van der Waals surface area contributed by atoms with Gasteiger partial charge >= 0.3 is 0 Å². The van der Waals surface area contributed by atoms with Gasteiger partial charge in [0.1, 0.15) is 0 Å². The lowest BCUT2D eigenvalue weighted by molar-refractivity contribution is 0.589. The highest BCUT2D eigenvalue weighted by Crippen LogP contribution is 2.08. The third kappa shape index (κ3) is 3.32. The second-order valence-corrected chi connectivity index (χ2v) is 4.18. The fourth-order valence-electron chi connectivity index (χ4n) is 0.985. The van der Waals surface area contributed by atoms with Crippen LogP contribution >= 0.6 is 11.3 Å².